The molecule has 26 heavy (non-hydrogen) atoms. The molecule has 2 heterocycles. The van der Waals surface area contributed by atoms with Gasteiger partial charge in [0.15, 0.2) is 0 Å². The number of H-pyrrole nitrogens is 1. The maximum atomic E-state index is 13.5. The number of carbonyl (C=O) groups is 1. The summed E-state index contributed by atoms with van der Waals surface area (Å²) in [4.78, 5) is 22.7. The van der Waals surface area contributed by atoms with Crippen LogP contribution in [0.25, 0.3) is 11.4 Å². The van der Waals surface area contributed by atoms with Gasteiger partial charge in [-0.05, 0) is 31.9 Å². The minimum Gasteiger partial charge on any atom is -0.352 e. The zero-order valence-corrected chi connectivity index (χ0v) is 15.1. The minimum atomic E-state index is -0.268. The highest BCUT2D eigenvalue weighted by atomic mass is 19.1. The second-order valence-electron chi connectivity index (χ2n) is 7.41. The Labute approximate surface area is 153 Å². The summed E-state index contributed by atoms with van der Waals surface area (Å²) in [6.07, 6.45) is 5.41. The smallest absolute Gasteiger partial charge is 0.237 e. The Morgan fingerprint density at radius 1 is 1.38 bits per heavy atom. The molecule has 0 bridgehead atoms. The third-order valence-electron chi connectivity index (χ3n) is 5.59. The van der Waals surface area contributed by atoms with Crippen molar-refractivity contribution in [1.29, 1.82) is 0 Å². The van der Waals surface area contributed by atoms with Crippen molar-refractivity contribution in [2.75, 3.05) is 6.54 Å². The van der Waals surface area contributed by atoms with Crippen LogP contribution in [0.2, 0.25) is 0 Å². The van der Waals surface area contributed by atoms with Crippen molar-refractivity contribution in [3.05, 3.63) is 41.5 Å². The Morgan fingerprint density at radius 3 is 2.96 bits per heavy atom. The molecule has 1 unspecified atom stereocenters. The van der Waals surface area contributed by atoms with E-state index in [1.165, 1.54) is 25.0 Å². The van der Waals surface area contributed by atoms with E-state index in [0.29, 0.717) is 18.4 Å². The molecule has 2 aromatic rings. The van der Waals surface area contributed by atoms with E-state index in [2.05, 4.69) is 20.2 Å². The predicted molar refractivity (Wildman–Crippen MR) is 98.0 cm³/mol. The lowest BCUT2D eigenvalue weighted by atomic mass is 10.1. The minimum absolute atomic E-state index is 0.116. The summed E-state index contributed by atoms with van der Waals surface area (Å²) in [7, 11) is 0. The van der Waals surface area contributed by atoms with E-state index in [1.54, 1.807) is 6.07 Å². The van der Waals surface area contributed by atoms with E-state index in [9.17, 15) is 9.18 Å². The molecule has 0 spiro atoms. The molecule has 1 aliphatic carbocycles. The Hall–Kier alpha value is -2.21. The summed E-state index contributed by atoms with van der Waals surface area (Å²) < 4.78 is 13.5. The molecule has 1 aliphatic heterocycles. The van der Waals surface area contributed by atoms with Crippen LogP contribution in [0, 0.1) is 5.82 Å². The number of imidazole rings is 1. The number of nitrogens with one attached hydrogen (secondary N) is 2. The zero-order valence-electron chi connectivity index (χ0n) is 15.1. The quantitative estimate of drug-likeness (QED) is 0.885. The number of hydrogen-bond donors (Lipinski definition) is 2. The lowest BCUT2D eigenvalue weighted by molar-refractivity contribution is -0.126. The van der Waals surface area contributed by atoms with Gasteiger partial charge in [-0.15, -0.1) is 0 Å². The van der Waals surface area contributed by atoms with Crippen LogP contribution < -0.4 is 5.32 Å². The van der Waals surface area contributed by atoms with Crippen LogP contribution in [0.3, 0.4) is 0 Å². The summed E-state index contributed by atoms with van der Waals surface area (Å²) in [5, 5.41) is 3.19. The van der Waals surface area contributed by atoms with Crippen LogP contribution in [0.4, 0.5) is 4.39 Å². The van der Waals surface area contributed by atoms with E-state index in [-0.39, 0.29) is 17.8 Å². The van der Waals surface area contributed by atoms with Crippen molar-refractivity contribution < 1.29 is 9.18 Å². The first kappa shape index (κ1) is 17.2. The average Bonchev–Trinajstić information content (AvgIpc) is 3.29. The first-order valence-corrected chi connectivity index (χ1v) is 9.48. The van der Waals surface area contributed by atoms with E-state index in [4.69, 9.17) is 0 Å². The Kier molecular flexibility index (Phi) is 4.76. The number of carbonyl (C=O) groups excluding carboxylic acids is 1. The molecule has 1 atom stereocenters. The molecule has 1 saturated carbocycles. The number of fused-ring (bicyclic) bond motifs is 1. The Balaban J connectivity index is 1.44. The molecule has 0 radical (unpaired) electrons. The number of rotatable bonds is 4. The molecule has 138 valence electrons. The molecule has 1 aromatic carbocycles. The normalized spacial score (nSPS) is 19.3. The number of amides is 1. The third kappa shape index (κ3) is 3.51. The molecule has 1 amide bonds. The number of aromatic amines is 1. The molecule has 0 saturated heterocycles. The van der Waals surface area contributed by atoms with Gasteiger partial charge in [0.2, 0.25) is 5.91 Å². The molecule has 2 N–H and O–H groups in total. The van der Waals surface area contributed by atoms with Crippen LogP contribution in [0.5, 0.6) is 0 Å². The maximum absolute atomic E-state index is 13.5. The SMILES string of the molecule is CC(C(=O)NC1CCCC1)N1CCc2nc(-c3cccc(F)c3)[nH]c2C1. The van der Waals surface area contributed by atoms with Gasteiger partial charge in [-0.1, -0.05) is 25.0 Å². The molecule has 1 fully saturated rings. The highest BCUT2D eigenvalue weighted by Gasteiger charge is 2.29. The van der Waals surface area contributed by atoms with Crippen LogP contribution in [0.15, 0.2) is 24.3 Å². The number of aromatic nitrogens is 2. The molecule has 1 aromatic heterocycles. The maximum Gasteiger partial charge on any atom is 0.237 e. The fraction of sp³-hybridized carbons (Fsp3) is 0.500. The number of benzene rings is 1. The van der Waals surface area contributed by atoms with Gasteiger partial charge in [0.25, 0.3) is 0 Å². The van der Waals surface area contributed by atoms with Gasteiger partial charge >= 0.3 is 0 Å². The van der Waals surface area contributed by atoms with Gasteiger partial charge in [-0.25, -0.2) is 9.37 Å². The standard InChI is InChI=1S/C20H25FN4O/c1-13(20(26)22-16-7-2-3-8-16)25-10-9-17-18(12-25)24-19(23-17)14-5-4-6-15(21)11-14/h4-6,11,13,16H,2-3,7-10,12H2,1H3,(H,22,26)(H,23,24). The fourth-order valence-electron chi connectivity index (χ4n) is 3.98. The van der Waals surface area contributed by atoms with Gasteiger partial charge in [0.1, 0.15) is 11.6 Å². The Morgan fingerprint density at radius 2 is 2.19 bits per heavy atom. The first-order chi connectivity index (χ1) is 12.6. The monoisotopic (exact) mass is 356 g/mol. The van der Waals surface area contributed by atoms with Gasteiger partial charge in [0.05, 0.1) is 17.4 Å². The molecule has 4 rings (SSSR count). The van der Waals surface area contributed by atoms with E-state index in [0.717, 1.165) is 42.8 Å². The molecular weight excluding hydrogens is 331 g/mol. The summed E-state index contributed by atoms with van der Waals surface area (Å²) in [5.74, 6) is 0.542. The van der Waals surface area contributed by atoms with Crippen molar-refractivity contribution in [2.45, 2.75) is 57.7 Å². The zero-order chi connectivity index (χ0) is 18.1. The summed E-state index contributed by atoms with van der Waals surface area (Å²) in [6, 6.07) is 6.64. The predicted octanol–water partition coefficient (Wildman–Crippen LogP) is 3.02. The van der Waals surface area contributed by atoms with Gasteiger partial charge < -0.3 is 10.3 Å². The van der Waals surface area contributed by atoms with Crippen molar-refractivity contribution in [2.24, 2.45) is 0 Å². The van der Waals surface area contributed by atoms with Crippen LogP contribution in [0.1, 0.15) is 44.0 Å². The lowest BCUT2D eigenvalue weighted by Crippen LogP contribution is -2.49. The lowest BCUT2D eigenvalue weighted by Gasteiger charge is -2.31. The summed E-state index contributed by atoms with van der Waals surface area (Å²) in [6.45, 7) is 3.44. The van der Waals surface area contributed by atoms with Crippen molar-refractivity contribution in [3.63, 3.8) is 0 Å². The average molecular weight is 356 g/mol. The van der Waals surface area contributed by atoms with Gasteiger partial charge in [-0.3, -0.25) is 9.69 Å². The largest absolute Gasteiger partial charge is 0.352 e. The summed E-state index contributed by atoms with van der Waals surface area (Å²) >= 11 is 0. The topological polar surface area (TPSA) is 61.0 Å². The van der Waals surface area contributed by atoms with E-state index >= 15 is 0 Å². The van der Waals surface area contributed by atoms with E-state index < -0.39 is 0 Å². The van der Waals surface area contributed by atoms with Gasteiger partial charge in [-0.2, -0.15) is 0 Å². The van der Waals surface area contributed by atoms with Crippen LogP contribution >= 0.6 is 0 Å². The fourth-order valence-corrected chi connectivity index (χ4v) is 3.98. The number of hydrogen-bond acceptors (Lipinski definition) is 3. The number of halogens is 1. The second-order valence-corrected chi connectivity index (χ2v) is 7.41. The third-order valence-corrected chi connectivity index (χ3v) is 5.59. The number of nitrogens with zero attached hydrogens (tertiary/aromatic N) is 2. The first-order valence-electron chi connectivity index (χ1n) is 9.48. The molecule has 6 heteroatoms. The van der Waals surface area contributed by atoms with Crippen molar-refractivity contribution in [1.82, 2.24) is 20.2 Å². The van der Waals surface area contributed by atoms with Crippen LogP contribution in [-0.4, -0.2) is 39.4 Å². The molecular formula is C20H25FN4O. The van der Waals surface area contributed by atoms with Gasteiger partial charge in [0, 0.05) is 31.1 Å². The molecule has 5 nitrogen and oxygen atoms in total. The molecule has 2 aliphatic rings. The Bertz CT molecular complexity index is 797. The second kappa shape index (κ2) is 7.19. The van der Waals surface area contributed by atoms with Crippen molar-refractivity contribution >= 4 is 5.91 Å². The highest BCUT2D eigenvalue weighted by molar-refractivity contribution is 5.81. The summed E-state index contributed by atoms with van der Waals surface area (Å²) in [5.41, 5.74) is 2.79. The van der Waals surface area contributed by atoms with E-state index in [1.807, 2.05) is 13.0 Å². The highest BCUT2D eigenvalue weighted by Crippen LogP contribution is 2.24. The van der Waals surface area contributed by atoms with Crippen LogP contribution in [-0.2, 0) is 17.8 Å². The van der Waals surface area contributed by atoms with Crippen molar-refractivity contribution in [3.8, 4) is 11.4 Å².